The normalized spacial score (nSPS) is 28.6. The second kappa shape index (κ2) is 5.16. The lowest BCUT2D eigenvalue weighted by Crippen LogP contribution is -2.28. The van der Waals surface area contributed by atoms with Gasteiger partial charge in [-0.3, -0.25) is 0 Å². The maximum atomic E-state index is 13.8. The summed E-state index contributed by atoms with van der Waals surface area (Å²) in [5.41, 5.74) is -0.351. The minimum absolute atomic E-state index is 0.0224. The molecule has 17 heavy (non-hydrogen) atoms. The molecule has 0 radical (unpaired) electrons. The largest absolute Gasteiger partial charge is 0.396 e. The molecule has 1 N–H and O–H groups in total. The fraction of sp³-hybridized carbons (Fsp3) is 0.500. The van der Waals surface area contributed by atoms with Crippen LogP contribution in [0.3, 0.4) is 0 Å². The van der Waals surface area contributed by atoms with E-state index in [0.717, 1.165) is 6.07 Å². The van der Waals surface area contributed by atoms with E-state index in [1.807, 2.05) is 0 Å². The van der Waals surface area contributed by atoms with Crippen LogP contribution in [0.1, 0.15) is 12.0 Å². The molecular formula is C12H13F2IO2. The molecule has 0 spiro atoms. The van der Waals surface area contributed by atoms with Gasteiger partial charge in [0, 0.05) is 28.6 Å². The molecule has 1 aliphatic rings. The number of rotatable bonds is 3. The monoisotopic (exact) mass is 354 g/mol. The first-order valence-corrected chi connectivity index (χ1v) is 6.90. The smallest absolute Gasteiger partial charge is 0.132 e. The standard InChI is InChI=1S/C12H13F2IO2/c13-9-1-2-10(11(14)3-9)12(7-15)4-8(5-16)6-17-12/h1-3,8,16H,4-7H2/t8?,12-/m0/s1. The molecule has 0 bridgehead atoms. The van der Waals surface area contributed by atoms with Crippen LogP contribution in [0.25, 0.3) is 0 Å². The molecule has 2 rings (SSSR count). The van der Waals surface area contributed by atoms with Gasteiger partial charge in [-0.15, -0.1) is 0 Å². The van der Waals surface area contributed by atoms with Crippen LogP contribution in [-0.4, -0.2) is 22.7 Å². The Morgan fingerprint density at radius 3 is 2.76 bits per heavy atom. The summed E-state index contributed by atoms with van der Waals surface area (Å²) in [5, 5.41) is 9.12. The van der Waals surface area contributed by atoms with E-state index in [2.05, 4.69) is 22.6 Å². The lowest BCUT2D eigenvalue weighted by Gasteiger charge is -2.27. The summed E-state index contributed by atoms with van der Waals surface area (Å²) in [6, 6.07) is 3.55. The first-order chi connectivity index (χ1) is 8.11. The summed E-state index contributed by atoms with van der Waals surface area (Å²) in [6.45, 7) is 0.442. The average Bonchev–Trinajstić information content (AvgIpc) is 2.74. The summed E-state index contributed by atoms with van der Waals surface area (Å²) in [4.78, 5) is 0. The van der Waals surface area contributed by atoms with Crippen LogP contribution >= 0.6 is 22.6 Å². The Morgan fingerprint density at radius 2 is 2.24 bits per heavy atom. The first-order valence-electron chi connectivity index (χ1n) is 5.37. The SMILES string of the molecule is OCC1CO[C@@](CI)(c2ccc(F)cc2F)C1. The fourth-order valence-corrected chi connectivity index (χ4v) is 3.13. The molecule has 94 valence electrons. The fourth-order valence-electron chi connectivity index (χ4n) is 2.19. The Balaban J connectivity index is 2.35. The van der Waals surface area contributed by atoms with Crippen LogP contribution in [0.2, 0.25) is 0 Å². The quantitative estimate of drug-likeness (QED) is 0.668. The molecule has 2 nitrogen and oxygen atoms in total. The number of hydrogen-bond donors (Lipinski definition) is 1. The molecule has 1 unspecified atom stereocenters. The number of alkyl halides is 1. The van der Waals surface area contributed by atoms with E-state index >= 15 is 0 Å². The van der Waals surface area contributed by atoms with Crippen LogP contribution in [0.5, 0.6) is 0 Å². The van der Waals surface area contributed by atoms with E-state index in [1.165, 1.54) is 12.1 Å². The highest BCUT2D eigenvalue weighted by atomic mass is 127. The zero-order valence-electron chi connectivity index (χ0n) is 9.13. The van der Waals surface area contributed by atoms with Gasteiger partial charge >= 0.3 is 0 Å². The summed E-state index contributed by atoms with van der Waals surface area (Å²) < 4.78 is 32.9. The van der Waals surface area contributed by atoms with Crippen molar-refractivity contribution in [3.05, 3.63) is 35.4 Å². The van der Waals surface area contributed by atoms with Crippen molar-refractivity contribution in [3.63, 3.8) is 0 Å². The molecule has 0 aliphatic carbocycles. The first kappa shape index (κ1) is 13.2. The Labute approximate surface area is 112 Å². The van der Waals surface area contributed by atoms with Crippen molar-refractivity contribution in [2.45, 2.75) is 12.0 Å². The topological polar surface area (TPSA) is 29.5 Å². The van der Waals surface area contributed by atoms with Crippen molar-refractivity contribution in [2.75, 3.05) is 17.6 Å². The molecule has 1 aromatic rings. The third-order valence-electron chi connectivity index (χ3n) is 3.11. The van der Waals surface area contributed by atoms with E-state index < -0.39 is 17.2 Å². The lowest BCUT2D eigenvalue weighted by atomic mass is 9.89. The third-order valence-corrected chi connectivity index (χ3v) is 4.34. The van der Waals surface area contributed by atoms with Crippen molar-refractivity contribution in [1.29, 1.82) is 0 Å². The zero-order valence-corrected chi connectivity index (χ0v) is 11.3. The van der Waals surface area contributed by atoms with E-state index in [-0.39, 0.29) is 12.5 Å². The van der Waals surface area contributed by atoms with Crippen LogP contribution < -0.4 is 0 Å². The van der Waals surface area contributed by atoms with Gasteiger partial charge < -0.3 is 9.84 Å². The van der Waals surface area contributed by atoms with E-state index in [9.17, 15) is 8.78 Å². The van der Waals surface area contributed by atoms with Crippen molar-refractivity contribution in [1.82, 2.24) is 0 Å². The summed E-state index contributed by atoms with van der Waals surface area (Å²) >= 11 is 2.13. The van der Waals surface area contributed by atoms with Gasteiger partial charge in [-0.1, -0.05) is 28.7 Å². The molecule has 0 saturated carbocycles. The number of halogens is 3. The van der Waals surface area contributed by atoms with Gasteiger partial charge in [0.25, 0.3) is 0 Å². The van der Waals surface area contributed by atoms with Crippen molar-refractivity contribution in [2.24, 2.45) is 5.92 Å². The van der Waals surface area contributed by atoms with Gasteiger partial charge in [-0.25, -0.2) is 8.78 Å². The van der Waals surface area contributed by atoms with Crippen LogP contribution in [0, 0.1) is 17.6 Å². The molecule has 0 amide bonds. The Kier molecular flexibility index (Phi) is 3.99. The molecule has 1 aliphatic heterocycles. The van der Waals surface area contributed by atoms with Gasteiger partial charge in [-0.2, -0.15) is 0 Å². The van der Waals surface area contributed by atoms with Crippen molar-refractivity contribution < 1.29 is 18.6 Å². The Morgan fingerprint density at radius 1 is 1.47 bits per heavy atom. The average molecular weight is 354 g/mol. The van der Waals surface area contributed by atoms with Gasteiger partial charge in [0.1, 0.15) is 17.2 Å². The van der Waals surface area contributed by atoms with Gasteiger partial charge in [-0.05, 0) is 12.5 Å². The molecule has 0 aromatic heterocycles. The predicted molar refractivity (Wildman–Crippen MR) is 68.1 cm³/mol. The number of ether oxygens (including phenoxy) is 1. The minimum atomic E-state index is -0.730. The van der Waals surface area contributed by atoms with Gasteiger partial charge in [0.15, 0.2) is 0 Å². The molecule has 1 saturated heterocycles. The van der Waals surface area contributed by atoms with E-state index in [4.69, 9.17) is 9.84 Å². The molecule has 1 aromatic carbocycles. The molecule has 2 atom stereocenters. The third kappa shape index (κ3) is 2.46. The van der Waals surface area contributed by atoms with Crippen molar-refractivity contribution >= 4 is 22.6 Å². The van der Waals surface area contributed by atoms with Crippen molar-refractivity contribution in [3.8, 4) is 0 Å². The second-order valence-electron chi connectivity index (χ2n) is 4.32. The maximum Gasteiger partial charge on any atom is 0.132 e. The molecule has 1 heterocycles. The highest BCUT2D eigenvalue weighted by Crippen LogP contribution is 2.41. The van der Waals surface area contributed by atoms with Crippen LogP contribution in [0.4, 0.5) is 8.78 Å². The van der Waals surface area contributed by atoms with E-state index in [0.29, 0.717) is 23.0 Å². The second-order valence-corrected chi connectivity index (χ2v) is 5.08. The summed E-state index contributed by atoms with van der Waals surface area (Å²) in [7, 11) is 0. The minimum Gasteiger partial charge on any atom is -0.396 e. The molecular weight excluding hydrogens is 341 g/mol. The molecule has 5 heteroatoms. The van der Waals surface area contributed by atoms with Crippen LogP contribution in [0.15, 0.2) is 18.2 Å². The van der Waals surface area contributed by atoms with Crippen LogP contribution in [-0.2, 0) is 10.3 Å². The number of benzene rings is 1. The highest BCUT2D eigenvalue weighted by Gasteiger charge is 2.42. The predicted octanol–water partition coefficient (Wildman–Crippen LogP) is 2.62. The number of hydrogen-bond acceptors (Lipinski definition) is 2. The number of aliphatic hydroxyl groups excluding tert-OH is 1. The zero-order chi connectivity index (χ0) is 12.5. The summed E-state index contributed by atoms with van der Waals surface area (Å²) in [6.07, 6.45) is 0.564. The number of aliphatic hydroxyl groups is 1. The van der Waals surface area contributed by atoms with E-state index in [1.54, 1.807) is 0 Å². The Bertz CT molecular complexity index is 413. The van der Waals surface area contributed by atoms with Gasteiger partial charge in [0.05, 0.1) is 6.61 Å². The molecule has 1 fully saturated rings. The lowest BCUT2D eigenvalue weighted by molar-refractivity contribution is 0.0186. The maximum absolute atomic E-state index is 13.8. The highest BCUT2D eigenvalue weighted by molar-refractivity contribution is 14.1. The Hall–Kier alpha value is -0.270. The van der Waals surface area contributed by atoms with Gasteiger partial charge in [0.2, 0.25) is 0 Å². The summed E-state index contributed by atoms with van der Waals surface area (Å²) in [5.74, 6) is -1.15.